The van der Waals surface area contributed by atoms with Crippen LogP contribution in [-0.4, -0.2) is 4.98 Å². The zero-order valence-corrected chi connectivity index (χ0v) is 11.5. The van der Waals surface area contributed by atoms with E-state index in [1.54, 1.807) is 18.2 Å². The van der Waals surface area contributed by atoms with E-state index in [4.69, 9.17) is 10.2 Å². The lowest BCUT2D eigenvalue weighted by molar-refractivity contribution is 0.592. The van der Waals surface area contributed by atoms with E-state index in [1.807, 2.05) is 0 Å². The van der Waals surface area contributed by atoms with E-state index in [0.717, 1.165) is 12.1 Å². The fourth-order valence-electron chi connectivity index (χ4n) is 1.76. The van der Waals surface area contributed by atoms with E-state index in [2.05, 4.69) is 26.2 Å². The number of oxazole rings is 1. The molecule has 0 saturated heterocycles. The fraction of sp³-hybridized carbons (Fsp3) is 0. The van der Waals surface area contributed by atoms with Gasteiger partial charge in [0.25, 0.3) is 6.01 Å². The topological polar surface area (TPSA) is 64.1 Å². The average Bonchev–Trinajstić information content (AvgIpc) is 2.80. The lowest BCUT2D eigenvalue weighted by Gasteiger charge is -2.04. The minimum atomic E-state index is -0.631. The van der Waals surface area contributed by atoms with Gasteiger partial charge in [0.05, 0.1) is 15.8 Å². The van der Waals surface area contributed by atoms with Crippen LogP contribution in [-0.2, 0) is 0 Å². The van der Waals surface area contributed by atoms with Crippen molar-refractivity contribution in [2.75, 3.05) is 11.1 Å². The molecule has 0 aliphatic heterocycles. The van der Waals surface area contributed by atoms with Gasteiger partial charge in [0.1, 0.15) is 17.2 Å². The lowest BCUT2D eigenvalue weighted by atomic mass is 10.3. The van der Waals surface area contributed by atoms with E-state index in [1.165, 1.54) is 0 Å². The van der Waals surface area contributed by atoms with Gasteiger partial charge >= 0.3 is 0 Å². The van der Waals surface area contributed by atoms with Crippen molar-refractivity contribution < 1.29 is 13.2 Å². The van der Waals surface area contributed by atoms with Crippen LogP contribution in [0.1, 0.15) is 0 Å². The Morgan fingerprint density at radius 3 is 2.75 bits per heavy atom. The Morgan fingerprint density at radius 1 is 1.20 bits per heavy atom. The van der Waals surface area contributed by atoms with Gasteiger partial charge in [-0.15, -0.1) is 0 Å². The van der Waals surface area contributed by atoms with Crippen LogP contribution in [0.4, 0.5) is 26.2 Å². The first-order valence-corrected chi connectivity index (χ1v) is 6.40. The number of hydrogen-bond acceptors (Lipinski definition) is 4. The summed E-state index contributed by atoms with van der Waals surface area (Å²) in [6.45, 7) is 0. The monoisotopic (exact) mass is 339 g/mol. The minimum absolute atomic E-state index is 0.0403. The lowest BCUT2D eigenvalue weighted by Crippen LogP contribution is -1.95. The van der Waals surface area contributed by atoms with Gasteiger partial charge in [0, 0.05) is 6.07 Å². The summed E-state index contributed by atoms with van der Waals surface area (Å²) in [5.41, 5.74) is 7.05. The van der Waals surface area contributed by atoms with Crippen LogP contribution >= 0.6 is 15.9 Å². The van der Waals surface area contributed by atoms with Crippen molar-refractivity contribution in [2.45, 2.75) is 0 Å². The van der Waals surface area contributed by atoms with Gasteiger partial charge in [-0.2, -0.15) is 4.98 Å². The molecular formula is C13H8BrF2N3O. The maximum Gasteiger partial charge on any atom is 0.300 e. The normalized spacial score (nSPS) is 10.9. The van der Waals surface area contributed by atoms with Crippen LogP contribution in [0.25, 0.3) is 11.1 Å². The van der Waals surface area contributed by atoms with Crippen molar-refractivity contribution in [3.05, 3.63) is 46.4 Å². The number of hydrogen-bond donors (Lipinski definition) is 2. The van der Waals surface area contributed by atoms with E-state index in [9.17, 15) is 8.78 Å². The molecule has 1 aromatic heterocycles. The zero-order chi connectivity index (χ0) is 14.3. The standard InChI is InChI=1S/C13H8BrF2N3O/c14-6-4-8(16)10(5-7(6)15)18-13-19-12-9(17)2-1-3-11(12)20-13/h1-5H,17H2,(H,18,19). The molecule has 0 saturated carbocycles. The predicted molar refractivity (Wildman–Crippen MR) is 75.8 cm³/mol. The molecule has 0 aliphatic carbocycles. The fourth-order valence-corrected chi connectivity index (χ4v) is 2.07. The molecule has 1 heterocycles. The second-order valence-corrected chi connectivity index (χ2v) is 4.94. The van der Waals surface area contributed by atoms with E-state index >= 15 is 0 Å². The molecular weight excluding hydrogens is 332 g/mol. The molecule has 20 heavy (non-hydrogen) atoms. The summed E-state index contributed by atoms with van der Waals surface area (Å²) in [4.78, 5) is 4.10. The summed E-state index contributed by atoms with van der Waals surface area (Å²) in [6, 6.07) is 7.15. The van der Waals surface area contributed by atoms with Gasteiger partial charge in [0.2, 0.25) is 0 Å². The van der Waals surface area contributed by atoms with E-state index in [0.29, 0.717) is 16.8 Å². The summed E-state index contributed by atoms with van der Waals surface area (Å²) < 4.78 is 32.5. The highest BCUT2D eigenvalue weighted by Gasteiger charge is 2.12. The molecule has 0 bridgehead atoms. The summed E-state index contributed by atoms with van der Waals surface area (Å²) in [5, 5.41) is 2.59. The van der Waals surface area contributed by atoms with Crippen LogP contribution in [0.3, 0.4) is 0 Å². The third kappa shape index (κ3) is 2.20. The Hall–Kier alpha value is -2.15. The number of nitrogens with one attached hydrogen (secondary N) is 1. The molecule has 3 rings (SSSR count). The first kappa shape index (κ1) is 12.9. The highest BCUT2D eigenvalue weighted by Crippen LogP contribution is 2.28. The maximum absolute atomic E-state index is 13.7. The van der Waals surface area contributed by atoms with Crippen molar-refractivity contribution in [2.24, 2.45) is 0 Å². The summed E-state index contributed by atoms with van der Waals surface area (Å²) in [5.74, 6) is -1.22. The number of nitrogens with two attached hydrogens (primary N) is 1. The van der Waals surface area contributed by atoms with Gasteiger partial charge in [-0.1, -0.05) is 6.07 Å². The SMILES string of the molecule is Nc1cccc2oc(Nc3cc(F)c(Br)cc3F)nc12. The molecule has 0 amide bonds. The first-order chi connectivity index (χ1) is 9.54. The molecule has 7 heteroatoms. The zero-order valence-electron chi connectivity index (χ0n) is 9.95. The third-order valence-electron chi connectivity index (χ3n) is 2.70. The number of para-hydroxylation sites is 1. The highest BCUT2D eigenvalue weighted by atomic mass is 79.9. The molecule has 3 N–H and O–H groups in total. The third-order valence-corrected chi connectivity index (χ3v) is 3.31. The molecule has 3 aromatic rings. The smallest absolute Gasteiger partial charge is 0.300 e. The molecule has 0 atom stereocenters. The van der Waals surface area contributed by atoms with Gasteiger partial charge < -0.3 is 15.5 Å². The van der Waals surface area contributed by atoms with Crippen molar-refractivity contribution in [3.8, 4) is 0 Å². The molecule has 0 fully saturated rings. The van der Waals surface area contributed by atoms with E-state index < -0.39 is 11.6 Å². The number of anilines is 3. The second kappa shape index (κ2) is 4.75. The molecule has 0 unspecified atom stereocenters. The largest absolute Gasteiger partial charge is 0.423 e. The Morgan fingerprint density at radius 2 is 2.00 bits per heavy atom. The average molecular weight is 340 g/mol. The Bertz CT molecular complexity index is 804. The minimum Gasteiger partial charge on any atom is -0.423 e. The number of benzene rings is 2. The van der Waals surface area contributed by atoms with Crippen LogP contribution in [0.5, 0.6) is 0 Å². The van der Waals surface area contributed by atoms with Gasteiger partial charge in [0.15, 0.2) is 5.58 Å². The molecule has 0 aliphatic rings. The number of nitrogens with zero attached hydrogens (tertiary/aromatic N) is 1. The van der Waals surface area contributed by atoms with Crippen LogP contribution in [0.2, 0.25) is 0 Å². The molecule has 0 radical (unpaired) electrons. The Balaban J connectivity index is 2.01. The maximum atomic E-state index is 13.7. The van der Waals surface area contributed by atoms with Gasteiger partial charge in [-0.3, -0.25) is 0 Å². The van der Waals surface area contributed by atoms with E-state index in [-0.39, 0.29) is 16.2 Å². The second-order valence-electron chi connectivity index (χ2n) is 4.08. The Kier molecular flexibility index (Phi) is 3.06. The Labute approximate surface area is 120 Å². The van der Waals surface area contributed by atoms with Gasteiger partial charge in [-0.05, 0) is 34.1 Å². The van der Waals surface area contributed by atoms with Crippen molar-refractivity contribution in [1.29, 1.82) is 0 Å². The quantitative estimate of drug-likeness (QED) is 0.542. The first-order valence-electron chi connectivity index (χ1n) is 5.61. The number of halogens is 3. The molecule has 4 nitrogen and oxygen atoms in total. The molecule has 0 spiro atoms. The van der Waals surface area contributed by atoms with Crippen molar-refractivity contribution >= 4 is 44.4 Å². The van der Waals surface area contributed by atoms with Crippen LogP contribution < -0.4 is 11.1 Å². The number of aromatic nitrogens is 1. The predicted octanol–water partition coefficient (Wildman–Crippen LogP) is 4.19. The summed E-state index contributed by atoms with van der Waals surface area (Å²) >= 11 is 2.90. The molecule has 2 aromatic carbocycles. The van der Waals surface area contributed by atoms with Crippen LogP contribution in [0, 0.1) is 11.6 Å². The summed E-state index contributed by atoms with van der Waals surface area (Å²) in [7, 11) is 0. The number of rotatable bonds is 2. The van der Waals surface area contributed by atoms with Crippen molar-refractivity contribution in [3.63, 3.8) is 0 Å². The van der Waals surface area contributed by atoms with Gasteiger partial charge in [-0.25, -0.2) is 8.78 Å². The van der Waals surface area contributed by atoms with Crippen LogP contribution in [0.15, 0.2) is 39.2 Å². The summed E-state index contributed by atoms with van der Waals surface area (Å²) in [6.07, 6.45) is 0. The number of nitrogen functional groups attached to an aromatic ring is 1. The number of fused-ring (bicyclic) bond motifs is 1. The molecule has 102 valence electrons. The highest BCUT2D eigenvalue weighted by molar-refractivity contribution is 9.10. The van der Waals surface area contributed by atoms with Crippen molar-refractivity contribution in [1.82, 2.24) is 4.98 Å².